The molecule has 0 bridgehead atoms. The van der Waals surface area contributed by atoms with Crippen LogP contribution in [0.2, 0.25) is 0 Å². The summed E-state index contributed by atoms with van der Waals surface area (Å²) < 4.78 is 10.2. The third kappa shape index (κ3) is 6.48. The number of hydrogen-bond donors (Lipinski definition) is 2. The van der Waals surface area contributed by atoms with Crippen molar-refractivity contribution < 1.29 is 24.2 Å². The van der Waals surface area contributed by atoms with E-state index in [0.29, 0.717) is 17.6 Å². The molecule has 6 nitrogen and oxygen atoms in total. The van der Waals surface area contributed by atoms with Crippen molar-refractivity contribution in [1.29, 1.82) is 0 Å². The fourth-order valence-electron chi connectivity index (χ4n) is 7.09. The number of aromatic hydroxyl groups is 1. The van der Waals surface area contributed by atoms with Crippen LogP contribution >= 0.6 is 0 Å². The van der Waals surface area contributed by atoms with Crippen LogP contribution in [-0.4, -0.2) is 31.0 Å². The number of fused-ring (bicyclic) bond motifs is 3. The molecule has 1 amide bonds. The summed E-state index contributed by atoms with van der Waals surface area (Å²) in [5.41, 5.74) is 11.0. The molecular formula is C37H45NO5. The molecule has 3 aromatic carbocycles. The minimum absolute atomic E-state index is 0.102. The van der Waals surface area contributed by atoms with Crippen molar-refractivity contribution >= 4 is 17.8 Å². The van der Waals surface area contributed by atoms with Gasteiger partial charge in [0.25, 0.3) is 0 Å². The van der Waals surface area contributed by atoms with Crippen LogP contribution in [-0.2, 0) is 16.6 Å². The molecule has 0 aliphatic heterocycles. The Labute approximate surface area is 255 Å². The van der Waals surface area contributed by atoms with Crippen LogP contribution in [0, 0.1) is 11.3 Å². The molecule has 2 aliphatic rings. The number of amides is 1. The lowest BCUT2D eigenvalue weighted by Crippen LogP contribution is -2.54. The first-order chi connectivity index (χ1) is 20.4. The number of ether oxygens (including phenoxy) is 2. The van der Waals surface area contributed by atoms with E-state index in [-0.39, 0.29) is 39.6 Å². The van der Waals surface area contributed by atoms with Gasteiger partial charge in [-0.2, -0.15) is 0 Å². The standard InChI is InChI=1S/C20H29NO.C17H16O4/c1-13(2)14-6-8-16-15(12-14)7-9-17-19(16,3)10-5-11-20(17,4)18(21)22;1-20-13-10-15(19)17(16(11-13)21-2)14(18)9-8-12-6-4-3-5-7-12/h6,8,12-13,17H,5,7,9-11H2,1-4H3,(H2,21,22);3-11,19H,1-2H3. The first-order valence-electron chi connectivity index (χ1n) is 15.1. The summed E-state index contributed by atoms with van der Waals surface area (Å²) >= 11 is 0. The maximum atomic E-state index is 12.3. The monoisotopic (exact) mass is 583 g/mol. The third-order valence-electron chi connectivity index (χ3n) is 9.59. The van der Waals surface area contributed by atoms with Gasteiger partial charge in [0.05, 0.1) is 14.2 Å². The average Bonchev–Trinajstić information content (AvgIpc) is 2.99. The summed E-state index contributed by atoms with van der Waals surface area (Å²) in [6.45, 7) is 8.97. The summed E-state index contributed by atoms with van der Waals surface area (Å²) in [5, 5.41) is 9.99. The van der Waals surface area contributed by atoms with E-state index in [0.717, 1.165) is 31.2 Å². The second-order valence-corrected chi connectivity index (χ2v) is 12.5. The van der Waals surface area contributed by atoms with Crippen molar-refractivity contribution in [2.24, 2.45) is 17.1 Å². The van der Waals surface area contributed by atoms with Gasteiger partial charge < -0.3 is 20.3 Å². The Kier molecular flexibility index (Phi) is 9.69. The topological polar surface area (TPSA) is 98.9 Å². The smallest absolute Gasteiger partial charge is 0.223 e. The maximum absolute atomic E-state index is 12.3. The van der Waals surface area contributed by atoms with Gasteiger partial charge >= 0.3 is 0 Å². The van der Waals surface area contributed by atoms with Gasteiger partial charge in [-0.25, -0.2) is 0 Å². The minimum atomic E-state index is -0.346. The molecule has 43 heavy (non-hydrogen) atoms. The number of methoxy groups -OCH3 is 2. The third-order valence-corrected chi connectivity index (χ3v) is 9.59. The first-order valence-corrected chi connectivity index (χ1v) is 15.1. The Morgan fingerprint density at radius 3 is 2.35 bits per heavy atom. The summed E-state index contributed by atoms with van der Waals surface area (Å²) in [5.74, 6) is 1.03. The lowest BCUT2D eigenvalue weighted by atomic mass is 9.49. The number of nitrogens with two attached hydrogens (primary N) is 1. The number of carbonyl (C=O) groups is 2. The maximum Gasteiger partial charge on any atom is 0.223 e. The van der Waals surface area contributed by atoms with Gasteiger partial charge in [0, 0.05) is 17.5 Å². The van der Waals surface area contributed by atoms with Gasteiger partial charge in [-0.15, -0.1) is 0 Å². The molecule has 1 saturated carbocycles. The van der Waals surface area contributed by atoms with Crippen LogP contribution in [0.25, 0.3) is 6.08 Å². The number of allylic oxidation sites excluding steroid dienone is 1. The number of ketones is 1. The Bertz CT molecular complexity index is 1490. The normalized spacial score (nSPS) is 22.6. The van der Waals surface area contributed by atoms with Gasteiger partial charge in [0.2, 0.25) is 5.91 Å². The van der Waals surface area contributed by atoms with Crippen LogP contribution in [0.3, 0.4) is 0 Å². The van der Waals surface area contributed by atoms with E-state index in [9.17, 15) is 14.7 Å². The predicted octanol–water partition coefficient (Wildman–Crippen LogP) is 7.61. The highest BCUT2D eigenvalue weighted by Gasteiger charge is 2.54. The highest BCUT2D eigenvalue weighted by Crippen LogP contribution is 2.57. The Morgan fingerprint density at radius 1 is 1.00 bits per heavy atom. The number of rotatable bonds is 7. The van der Waals surface area contributed by atoms with Crippen molar-refractivity contribution in [2.45, 2.75) is 71.1 Å². The number of benzene rings is 3. The van der Waals surface area contributed by atoms with Crippen LogP contribution in [0.4, 0.5) is 0 Å². The van der Waals surface area contributed by atoms with Gasteiger partial charge in [-0.3, -0.25) is 9.59 Å². The minimum Gasteiger partial charge on any atom is -0.507 e. The molecule has 2 aliphatic carbocycles. The van der Waals surface area contributed by atoms with Gasteiger partial charge in [0.1, 0.15) is 22.8 Å². The number of primary amides is 1. The number of aryl methyl sites for hydroxylation is 1. The van der Waals surface area contributed by atoms with Crippen LogP contribution in [0.5, 0.6) is 17.2 Å². The van der Waals surface area contributed by atoms with Crippen molar-refractivity contribution in [3.63, 3.8) is 0 Å². The summed E-state index contributed by atoms with van der Waals surface area (Å²) in [6.07, 6.45) is 8.47. The second-order valence-electron chi connectivity index (χ2n) is 12.5. The predicted molar refractivity (Wildman–Crippen MR) is 172 cm³/mol. The number of phenols is 1. The first kappa shape index (κ1) is 31.9. The molecule has 6 heteroatoms. The molecule has 5 rings (SSSR count). The Morgan fingerprint density at radius 2 is 1.72 bits per heavy atom. The van der Waals surface area contributed by atoms with Crippen molar-refractivity contribution in [3.05, 3.63) is 94.6 Å². The molecule has 0 radical (unpaired) electrons. The lowest BCUT2D eigenvalue weighted by Gasteiger charge is -2.54. The zero-order chi connectivity index (χ0) is 31.4. The van der Waals surface area contributed by atoms with E-state index in [1.807, 2.05) is 30.3 Å². The van der Waals surface area contributed by atoms with Crippen molar-refractivity contribution in [3.8, 4) is 17.2 Å². The molecule has 1 fully saturated rings. The fourth-order valence-corrected chi connectivity index (χ4v) is 7.09. The molecular weight excluding hydrogens is 538 g/mol. The quantitative estimate of drug-likeness (QED) is 0.220. The van der Waals surface area contributed by atoms with E-state index in [1.54, 1.807) is 12.1 Å². The Balaban J connectivity index is 0.000000197. The van der Waals surface area contributed by atoms with Crippen molar-refractivity contribution in [2.75, 3.05) is 14.2 Å². The zero-order valence-corrected chi connectivity index (χ0v) is 26.3. The molecule has 228 valence electrons. The van der Waals surface area contributed by atoms with Crippen molar-refractivity contribution in [1.82, 2.24) is 0 Å². The number of hydrogen-bond acceptors (Lipinski definition) is 5. The summed E-state index contributed by atoms with van der Waals surface area (Å²) in [6, 6.07) is 19.4. The average molecular weight is 584 g/mol. The van der Waals surface area contributed by atoms with Gasteiger partial charge in [-0.1, -0.05) is 88.7 Å². The summed E-state index contributed by atoms with van der Waals surface area (Å²) in [4.78, 5) is 24.4. The highest BCUT2D eigenvalue weighted by molar-refractivity contribution is 6.10. The van der Waals surface area contributed by atoms with E-state index in [4.69, 9.17) is 15.2 Å². The number of carbonyl (C=O) groups excluding carboxylic acids is 2. The molecule has 0 saturated heterocycles. The Hall–Kier alpha value is -4.06. The highest BCUT2D eigenvalue weighted by atomic mass is 16.5. The zero-order valence-electron chi connectivity index (χ0n) is 26.3. The van der Waals surface area contributed by atoms with Crippen LogP contribution in [0.1, 0.15) is 91.9 Å². The lowest BCUT2D eigenvalue weighted by molar-refractivity contribution is -0.135. The van der Waals surface area contributed by atoms with Gasteiger partial charge in [-0.05, 0) is 71.3 Å². The van der Waals surface area contributed by atoms with E-state index < -0.39 is 0 Å². The van der Waals surface area contributed by atoms with Crippen LogP contribution in [0.15, 0.2) is 66.7 Å². The van der Waals surface area contributed by atoms with E-state index in [2.05, 4.69) is 45.9 Å². The molecule has 3 unspecified atom stereocenters. The van der Waals surface area contributed by atoms with E-state index >= 15 is 0 Å². The number of phenolic OH excluding ortho intramolecular Hbond substituents is 1. The fraction of sp³-hybridized carbons (Fsp3) is 0.405. The molecule has 3 aromatic rings. The van der Waals surface area contributed by atoms with Gasteiger partial charge in [0.15, 0.2) is 5.78 Å². The summed E-state index contributed by atoms with van der Waals surface area (Å²) in [7, 11) is 2.91. The molecule has 0 spiro atoms. The SMILES string of the molecule is CC(C)c1ccc2c(c1)CCC1C(C)(C(N)=O)CCCC21C.COc1cc(O)c(C(=O)C=Cc2ccccc2)c(OC)c1. The largest absolute Gasteiger partial charge is 0.507 e. The molecule has 3 N–H and O–H groups in total. The molecule has 0 heterocycles. The molecule has 3 atom stereocenters. The van der Waals surface area contributed by atoms with Crippen LogP contribution < -0.4 is 15.2 Å². The van der Waals surface area contributed by atoms with E-state index in [1.165, 1.54) is 49.5 Å². The molecule has 0 aromatic heterocycles. The second kappa shape index (κ2) is 13.1.